The van der Waals surface area contributed by atoms with Crippen LogP contribution < -0.4 is 4.74 Å². The van der Waals surface area contributed by atoms with Crippen LogP contribution in [0, 0.1) is 5.92 Å². The minimum atomic E-state index is -0.609. The van der Waals surface area contributed by atoms with Crippen LogP contribution >= 0.6 is 0 Å². The van der Waals surface area contributed by atoms with E-state index in [0.717, 1.165) is 12.8 Å². The minimum absolute atomic E-state index is 0.0464. The van der Waals surface area contributed by atoms with Gasteiger partial charge in [-0.1, -0.05) is 18.2 Å². The number of nitrogens with zero attached hydrogens (tertiary/aromatic N) is 1. The highest BCUT2D eigenvalue weighted by atomic mass is 16.5. The zero-order chi connectivity index (χ0) is 12.6. The fourth-order valence-corrected chi connectivity index (χ4v) is 2.42. The third-order valence-corrected chi connectivity index (χ3v) is 3.72. The van der Waals surface area contributed by atoms with Crippen LogP contribution in [0.25, 0.3) is 0 Å². The van der Waals surface area contributed by atoms with Crippen molar-refractivity contribution in [2.75, 3.05) is 19.7 Å². The van der Waals surface area contributed by atoms with Crippen molar-refractivity contribution < 1.29 is 14.6 Å². The van der Waals surface area contributed by atoms with Crippen LogP contribution in [0.3, 0.4) is 0 Å². The third-order valence-electron chi connectivity index (χ3n) is 3.72. The lowest BCUT2D eigenvalue weighted by Gasteiger charge is -2.46. The van der Waals surface area contributed by atoms with E-state index in [0.29, 0.717) is 24.8 Å². The molecule has 0 bridgehead atoms. The number of para-hydroxylation sites is 1. The number of rotatable bonds is 4. The molecule has 2 fully saturated rings. The molecule has 4 nitrogen and oxygen atoms in total. The molecule has 18 heavy (non-hydrogen) atoms. The Hall–Kier alpha value is -1.55. The number of β-amino-alcohol motifs (C(OH)–C–C–N with tert-alkyl or cyclic N) is 1. The third kappa shape index (κ3) is 2.20. The normalized spacial score (nSPS) is 21.3. The standard InChI is InChI=1S/C14H17NO3/c16-13(8-18-12-4-2-1-3-5-12)15-9-14(17,10-15)11-6-7-11/h1-5,11,17H,6-10H2. The fourth-order valence-electron chi connectivity index (χ4n) is 2.42. The van der Waals surface area contributed by atoms with Gasteiger partial charge in [-0.05, 0) is 30.9 Å². The summed E-state index contributed by atoms with van der Waals surface area (Å²) in [5.41, 5.74) is -0.609. The highest BCUT2D eigenvalue weighted by molar-refractivity contribution is 5.79. The second kappa shape index (κ2) is 4.28. The van der Waals surface area contributed by atoms with E-state index in [4.69, 9.17) is 4.74 Å². The van der Waals surface area contributed by atoms with Crippen LogP contribution in [-0.2, 0) is 4.79 Å². The Kier molecular flexibility index (Phi) is 2.74. The number of carbonyl (C=O) groups is 1. The van der Waals surface area contributed by atoms with Gasteiger partial charge in [0, 0.05) is 0 Å². The smallest absolute Gasteiger partial charge is 0.260 e. The van der Waals surface area contributed by atoms with Gasteiger partial charge in [0.25, 0.3) is 5.91 Å². The Labute approximate surface area is 106 Å². The van der Waals surface area contributed by atoms with E-state index in [1.165, 1.54) is 0 Å². The summed E-state index contributed by atoms with van der Waals surface area (Å²) in [5, 5.41) is 10.1. The lowest BCUT2D eigenvalue weighted by Crippen LogP contribution is -2.65. The maximum atomic E-state index is 11.8. The molecule has 0 spiro atoms. The maximum absolute atomic E-state index is 11.8. The molecule has 1 saturated carbocycles. The summed E-state index contributed by atoms with van der Waals surface area (Å²) in [6.45, 7) is 0.980. The zero-order valence-corrected chi connectivity index (χ0v) is 10.2. The molecule has 0 atom stereocenters. The summed E-state index contributed by atoms with van der Waals surface area (Å²) >= 11 is 0. The van der Waals surface area contributed by atoms with Gasteiger partial charge in [-0.3, -0.25) is 4.79 Å². The summed E-state index contributed by atoms with van der Waals surface area (Å²) in [6.07, 6.45) is 2.19. The number of hydrogen-bond donors (Lipinski definition) is 1. The lowest BCUT2D eigenvalue weighted by atomic mass is 9.89. The molecule has 1 amide bonds. The second-order valence-electron chi connectivity index (χ2n) is 5.23. The first kappa shape index (κ1) is 11.5. The van der Waals surface area contributed by atoms with E-state index in [1.807, 2.05) is 30.3 Å². The molecule has 96 valence electrons. The summed E-state index contributed by atoms with van der Waals surface area (Å²) in [6, 6.07) is 9.29. The highest BCUT2D eigenvalue weighted by Crippen LogP contribution is 2.44. The lowest BCUT2D eigenvalue weighted by molar-refractivity contribution is -0.161. The van der Waals surface area contributed by atoms with Gasteiger partial charge in [0.15, 0.2) is 6.61 Å². The SMILES string of the molecule is O=C(COc1ccccc1)N1CC(O)(C2CC2)C1. The first-order chi connectivity index (χ1) is 8.67. The van der Waals surface area contributed by atoms with E-state index >= 15 is 0 Å². The average Bonchev–Trinajstić information content (AvgIpc) is 3.18. The van der Waals surface area contributed by atoms with Crippen molar-refractivity contribution in [1.29, 1.82) is 0 Å². The Morgan fingerprint density at radius 3 is 2.61 bits per heavy atom. The van der Waals surface area contributed by atoms with Crippen molar-refractivity contribution in [3.63, 3.8) is 0 Å². The van der Waals surface area contributed by atoms with Crippen molar-refractivity contribution >= 4 is 5.91 Å². The molecule has 0 unspecified atom stereocenters. The summed E-state index contributed by atoms with van der Waals surface area (Å²) in [4.78, 5) is 13.5. The van der Waals surface area contributed by atoms with E-state index < -0.39 is 5.60 Å². The molecular weight excluding hydrogens is 230 g/mol. The van der Waals surface area contributed by atoms with Gasteiger partial charge in [-0.2, -0.15) is 0 Å². The number of benzene rings is 1. The van der Waals surface area contributed by atoms with E-state index in [2.05, 4.69) is 0 Å². The van der Waals surface area contributed by atoms with Crippen LogP contribution in [-0.4, -0.2) is 41.2 Å². The van der Waals surface area contributed by atoms with Gasteiger partial charge in [0.1, 0.15) is 11.4 Å². The number of ether oxygens (including phenoxy) is 1. The van der Waals surface area contributed by atoms with Gasteiger partial charge < -0.3 is 14.7 Å². The van der Waals surface area contributed by atoms with Crippen molar-refractivity contribution in [2.45, 2.75) is 18.4 Å². The highest BCUT2D eigenvalue weighted by Gasteiger charge is 2.53. The molecule has 1 aliphatic carbocycles. The minimum Gasteiger partial charge on any atom is -0.484 e. The molecule has 1 aromatic carbocycles. The van der Waals surface area contributed by atoms with Gasteiger partial charge in [-0.25, -0.2) is 0 Å². The number of likely N-dealkylation sites (tertiary alicyclic amines) is 1. The Balaban J connectivity index is 1.46. The molecule has 2 aliphatic rings. The van der Waals surface area contributed by atoms with Crippen LogP contribution in [0.1, 0.15) is 12.8 Å². The van der Waals surface area contributed by atoms with Gasteiger partial charge in [-0.15, -0.1) is 0 Å². The second-order valence-corrected chi connectivity index (χ2v) is 5.23. The largest absolute Gasteiger partial charge is 0.484 e. The molecule has 1 aromatic rings. The van der Waals surface area contributed by atoms with Crippen molar-refractivity contribution in [2.24, 2.45) is 5.92 Å². The Morgan fingerprint density at radius 2 is 2.00 bits per heavy atom. The van der Waals surface area contributed by atoms with E-state index in [-0.39, 0.29) is 12.5 Å². The van der Waals surface area contributed by atoms with Crippen molar-refractivity contribution in [3.8, 4) is 5.75 Å². The number of hydrogen-bond acceptors (Lipinski definition) is 3. The Morgan fingerprint density at radius 1 is 1.33 bits per heavy atom. The fraction of sp³-hybridized carbons (Fsp3) is 0.500. The molecule has 4 heteroatoms. The summed E-state index contributed by atoms with van der Waals surface area (Å²) < 4.78 is 5.40. The first-order valence-corrected chi connectivity index (χ1v) is 6.35. The predicted molar refractivity (Wildman–Crippen MR) is 66.2 cm³/mol. The molecule has 1 saturated heterocycles. The molecule has 1 aliphatic heterocycles. The number of aliphatic hydroxyl groups is 1. The van der Waals surface area contributed by atoms with Crippen LogP contribution in [0.2, 0.25) is 0 Å². The average molecular weight is 247 g/mol. The van der Waals surface area contributed by atoms with Crippen LogP contribution in [0.4, 0.5) is 0 Å². The van der Waals surface area contributed by atoms with E-state index in [1.54, 1.807) is 4.90 Å². The van der Waals surface area contributed by atoms with Gasteiger partial charge in [0.05, 0.1) is 13.1 Å². The maximum Gasteiger partial charge on any atom is 0.260 e. The van der Waals surface area contributed by atoms with Crippen molar-refractivity contribution in [1.82, 2.24) is 4.90 Å². The number of amides is 1. The molecule has 3 rings (SSSR count). The molecule has 0 radical (unpaired) electrons. The van der Waals surface area contributed by atoms with Gasteiger partial charge in [0.2, 0.25) is 0 Å². The first-order valence-electron chi connectivity index (χ1n) is 6.35. The predicted octanol–water partition coefficient (Wildman–Crippen LogP) is 1.05. The quantitative estimate of drug-likeness (QED) is 0.865. The monoisotopic (exact) mass is 247 g/mol. The molecular formula is C14H17NO3. The Bertz CT molecular complexity index is 436. The van der Waals surface area contributed by atoms with Crippen molar-refractivity contribution in [3.05, 3.63) is 30.3 Å². The van der Waals surface area contributed by atoms with Crippen LogP contribution in [0.5, 0.6) is 5.75 Å². The zero-order valence-electron chi connectivity index (χ0n) is 10.2. The van der Waals surface area contributed by atoms with Gasteiger partial charge >= 0.3 is 0 Å². The van der Waals surface area contributed by atoms with Crippen LogP contribution in [0.15, 0.2) is 30.3 Å². The summed E-state index contributed by atoms with van der Waals surface area (Å²) in [5.74, 6) is 1.06. The number of carbonyl (C=O) groups excluding carboxylic acids is 1. The molecule has 1 N–H and O–H groups in total. The summed E-state index contributed by atoms with van der Waals surface area (Å²) in [7, 11) is 0. The molecule has 1 heterocycles. The topological polar surface area (TPSA) is 49.8 Å². The van der Waals surface area contributed by atoms with E-state index in [9.17, 15) is 9.90 Å². The molecule has 0 aromatic heterocycles.